The van der Waals surface area contributed by atoms with E-state index in [1.54, 1.807) is 11.3 Å². The third-order valence-corrected chi connectivity index (χ3v) is 4.75. The molecule has 1 fully saturated rings. The van der Waals surface area contributed by atoms with Crippen LogP contribution in [-0.4, -0.2) is 40.3 Å². The zero-order valence-corrected chi connectivity index (χ0v) is 13.6. The first-order valence-electron chi connectivity index (χ1n) is 7.74. The number of aromatic nitrogens is 2. The number of nitrogens with one attached hydrogen (secondary N) is 1. The molecule has 0 saturated carbocycles. The van der Waals surface area contributed by atoms with Crippen molar-refractivity contribution in [1.82, 2.24) is 15.1 Å². The fraction of sp³-hybridized carbons (Fsp3) is 0.500. The summed E-state index contributed by atoms with van der Waals surface area (Å²) in [6.07, 6.45) is 3.09. The minimum Gasteiger partial charge on any atom is -0.376 e. The molecule has 1 amide bonds. The Labute approximate surface area is 134 Å². The molecule has 6 heteroatoms. The van der Waals surface area contributed by atoms with Crippen molar-refractivity contribution < 1.29 is 9.53 Å². The molecule has 0 aromatic carbocycles. The van der Waals surface area contributed by atoms with E-state index in [1.807, 2.05) is 29.3 Å². The van der Waals surface area contributed by atoms with E-state index in [-0.39, 0.29) is 12.0 Å². The number of carbonyl (C=O) groups excluding carboxylic acids is 1. The second-order valence-corrected chi connectivity index (χ2v) is 6.56. The third-order valence-electron chi connectivity index (χ3n) is 3.89. The molecule has 3 heterocycles. The summed E-state index contributed by atoms with van der Waals surface area (Å²) in [5.41, 5.74) is 1.47. The highest BCUT2D eigenvalue weighted by atomic mass is 32.1. The summed E-state index contributed by atoms with van der Waals surface area (Å²) >= 11 is 1.67. The van der Waals surface area contributed by atoms with Crippen LogP contribution in [0.25, 0.3) is 0 Å². The van der Waals surface area contributed by atoms with Gasteiger partial charge in [-0.1, -0.05) is 13.0 Å². The molecule has 0 radical (unpaired) electrons. The molecule has 2 aromatic heterocycles. The molecule has 0 aliphatic carbocycles. The highest BCUT2D eigenvalue weighted by Crippen LogP contribution is 2.19. The van der Waals surface area contributed by atoms with Crippen LogP contribution >= 0.6 is 11.3 Å². The third kappa shape index (κ3) is 3.56. The van der Waals surface area contributed by atoms with E-state index in [1.165, 1.54) is 4.88 Å². The van der Waals surface area contributed by atoms with Gasteiger partial charge in [0.05, 0.1) is 12.6 Å². The lowest BCUT2D eigenvalue weighted by Gasteiger charge is -2.24. The highest BCUT2D eigenvalue weighted by Gasteiger charge is 2.25. The highest BCUT2D eigenvalue weighted by molar-refractivity contribution is 7.09. The number of thiophene rings is 1. The molecule has 1 N–H and O–H groups in total. The van der Waals surface area contributed by atoms with Gasteiger partial charge < -0.3 is 9.64 Å². The standard InChI is InChI=1S/C16H21N3O2S/c1-2-12-9-15(18-17-12)16(20)19(10-13-5-3-7-21-13)11-14-6-4-8-22-14/h4,6,8-9,13H,2-3,5,7,10-11H2,1H3,(H,17,18)/t13-/m1/s1. The van der Waals surface area contributed by atoms with E-state index in [4.69, 9.17) is 4.74 Å². The van der Waals surface area contributed by atoms with Gasteiger partial charge in [-0.3, -0.25) is 9.89 Å². The topological polar surface area (TPSA) is 58.2 Å². The fourth-order valence-electron chi connectivity index (χ4n) is 2.66. The smallest absolute Gasteiger partial charge is 0.274 e. The minimum absolute atomic E-state index is 0.0279. The number of ether oxygens (including phenoxy) is 1. The summed E-state index contributed by atoms with van der Waals surface area (Å²) in [7, 11) is 0. The van der Waals surface area contributed by atoms with Gasteiger partial charge >= 0.3 is 0 Å². The van der Waals surface area contributed by atoms with Crippen molar-refractivity contribution in [3.8, 4) is 0 Å². The minimum atomic E-state index is -0.0279. The van der Waals surface area contributed by atoms with Crippen LogP contribution in [0.2, 0.25) is 0 Å². The number of aryl methyl sites for hydroxylation is 1. The Morgan fingerprint density at radius 2 is 2.50 bits per heavy atom. The Balaban J connectivity index is 1.74. The molecule has 0 bridgehead atoms. The zero-order valence-electron chi connectivity index (χ0n) is 12.7. The Hall–Kier alpha value is -1.66. The monoisotopic (exact) mass is 319 g/mol. The number of nitrogens with zero attached hydrogens (tertiary/aromatic N) is 2. The summed E-state index contributed by atoms with van der Waals surface area (Å²) < 4.78 is 5.70. The number of aromatic amines is 1. The molecule has 22 heavy (non-hydrogen) atoms. The van der Waals surface area contributed by atoms with Crippen LogP contribution in [0.15, 0.2) is 23.6 Å². The summed E-state index contributed by atoms with van der Waals surface area (Å²) in [4.78, 5) is 15.8. The lowest BCUT2D eigenvalue weighted by atomic mass is 10.2. The summed E-state index contributed by atoms with van der Waals surface area (Å²) in [5.74, 6) is -0.0279. The largest absolute Gasteiger partial charge is 0.376 e. The predicted octanol–water partition coefficient (Wildman–Crippen LogP) is 2.86. The first kappa shape index (κ1) is 15.2. The first-order chi connectivity index (χ1) is 10.8. The van der Waals surface area contributed by atoms with E-state index < -0.39 is 0 Å². The van der Waals surface area contributed by atoms with E-state index in [0.29, 0.717) is 18.8 Å². The van der Waals surface area contributed by atoms with Crippen LogP contribution in [0.1, 0.15) is 40.8 Å². The van der Waals surface area contributed by atoms with Crippen molar-refractivity contribution in [1.29, 1.82) is 0 Å². The summed E-state index contributed by atoms with van der Waals surface area (Å²) in [5, 5.41) is 9.11. The number of hydrogen-bond donors (Lipinski definition) is 1. The van der Waals surface area contributed by atoms with Crippen molar-refractivity contribution in [3.05, 3.63) is 39.8 Å². The van der Waals surface area contributed by atoms with Crippen LogP contribution in [0, 0.1) is 0 Å². The van der Waals surface area contributed by atoms with Gasteiger partial charge in [-0.05, 0) is 36.8 Å². The van der Waals surface area contributed by atoms with Crippen molar-refractivity contribution in [3.63, 3.8) is 0 Å². The molecule has 1 atom stereocenters. The summed E-state index contributed by atoms with van der Waals surface area (Å²) in [6, 6.07) is 5.92. The molecule has 0 spiro atoms. The van der Waals surface area contributed by atoms with E-state index >= 15 is 0 Å². The van der Waals surface area contributed by atoms with Crippen LogP contribution in [0.5, 0.6) is 0 Å². The van der Waals surface area contributed by atoms with E-state index in [0.717, 1.165) is 31.6 Å². The Morgan fingerprint density at radius 1 is 1.59 bits per heavy atom. The van der Waals surface area contributed by atoms with Gasteiger partial charge in [0.15, 0.2) is 0 Å². The van der Waals surface area contributed by atoms with E-state index in [9.17, 15) is 4.79 Å². The number of hydrogen-bond acceptors (Lipinski definition) is 4. The zero-order chi connectivity index (χ0) is 15.4. The van der Waals surface area contributed by atoms with E-state index in [2.05, 4.69) is 16.3 Å². The van der Waals surface area contributed by atoms with Gasteiger partial charge in [-0.25, -0.2) is 0 Å². The number of H-pyrrole nitrogens is 1. The second-order valence-electron chi connectivity index (χ2n) is 5.53. The maximum absolute atomic E-state index is 12.8. The lowest BCUT2D eigenvalue weighted by molar-refractivity contribution is 0.0505. The second kappa shape index (κ2) is 7.07. The quantitative estimate of drug-likeness (QED) is 0.890. The molecule has 1 aliphatic heterocycles. The van der Waals surface area contributed by atoms with Gasteiger partial charge in [0, 0.05) is 23.7 Å². The number of rotatable bonds is 6. The number of carbonyl (C=O) groups is 1. The summed E-state index contributed by atoms with van der Waals surface area (Å²) in [6.45, 7) is 4.08. The molecule has 2 aromatic rings. The van der Waals surface area contributed by atoms with Gasteiger partial charge in [0.25, 0.3) is 5.91 Å². The molecule has 118 valence electrons. The molecular weight excluding hydrogens is 298 g/mol. The van der Waals surface area contributed by atoms with Crippen LogP contribution < -0.4 is 0 Å². The van der Waals surface area contributed by atoms with Crippen molar-refractivity contribution >= 4 is 17.2 Å². The first-order valence-corrected chi connectivity index (χ1v) is 8.61. The average molecular weight is 319 g/mol. The van der Waals surface area contributed by atoms with Gasteiger partial charge in [-0.15, -0.1) is 11.3 Å². The molecule has 1 aliphatic rings. The van der Waals surface area contributed by atoms with Crippen LogP contribution in [-0.2, 0) is 17.7 Å². The van der Waals surface area contributed by atoms with Crippen molar-refractivity contribution in [2.75, 3.05) is 13.2 Å². The maximum atomic E-state index is 12.8. The van der Waals surface area contributed by atoms with Crippen LogP contribution in [0.3, 0.4) is 0 Å². The molecule has 0 unspecified atom stereocenters. The van der Waals surface area contributed by atoms with Crippen molar-refractivity contribution in [2.45, 2.75) is 38.8 Å². The normalized spacial score (nSPS) is 17.8. The average Bonchev–Trinajstić information content (AvgIpc) is 3.28. The van der Waals surface area contributed by atoms with Crippen molar-refractivity contribution in [2.24, 2.45) is 0 Å². The molecule has 5 nitrogen and oxygen atoms in total. The van der Waals surface area contributed by atoms with Gasteiger partial charge in [-0.2, -0.15) is 5.10 Å². The SMILES string of the molecule is CCc1cc(C(=O)N(Cc2cccs2)C[C@H]2CCCO2)n[nH]1. The molecule has 1 saturated heterocycles. The van der Waals surface area contributed by atoms with Gasteiger partial charge in [0.2, 0.25) is 0 Å². The predicted molar refractivity (Wildman–Crippen MR) is 86.0 cm³/mol. The molecule has 3 rings (SSSR count). The van der Waals surface area contributed by atoms with Crippen LogP contribution in [0.4, 0.5) is 0 Å². The lowest BCUT2D eigenvalue weighted by Crippen LogP contribution is -2.37. The Bertz CT molecular complexity index is 603. The maximum Gasteiger partial charge on any atom is 0.274 e. The molecular formula is C16H21N3O2S. The number of amides is 1. The Kier molecular flexibility index (Phi) is 4.90. The van der Waals surface area contributed by atoms with Gasteiger partial charge in [0.1, 0.15) is 5.69 Å². The Morgan fingerprint density at radius 3 is 3.14 bits per heavy atom. The fourth-order valence-corrected chi connectivity index (χ4v) is 3.38.